The molecule has 1 aromatic carbocycles. The van der Waals surface area contributed by atoms with Gasteiger partial charge in [0.2, 0.25) is 0 Å². The van der Waals surface area contributed by atoms with Gasteiger partial charge in [-0.25, -0.2) is 16.8 Å². The third-order valence-corrected chi connectivity index (χ3v) is 4.21. The molecule has 1 rings (SSSR count). The quantitative estimate of drug-likeness (QED) is 0.303. The summed E-state index contributed by atoms with van der Waals surface area (Å²) in [7, 11) is -9.89. The number of hydrogen-bond donors (Lipinski definition) is 1. The summed E-state index contributed by atoms with van der Waals surface area (Å²) in [5, 5.41) is 9.04. The van der Waals surface area contributed by atoms with Crippen molar-refractivity contribution < 1.29 is 90.2 Å². The van der Waals surface area contributed by atoms with E-state index >= 15 is 0 Å². The van der Waals surface area contributed by atoms with Gasteiger partial charge >= 0.3 is 59.1 Å². The Morgan fingerprint density at radius 1 is 1.13 bits per heavy atom. The molecule has 0 spiro atoms. The van der Waals surface area contributed by atoms with E-state index in [1.54, 1.807) is 13.8 Å². The van der Waals surface area contributed by atoms with Gasteiger partial charge in [0.15, 0.2) is 0 Å². The van der Waals surface area contributed by atoms with Crippen molar-refractivity contribution in [2.24, 2.45) is 4.99 Å². The summed E-state index contributed by atoms with van der Waals surface area (Å²) in [4.78, 5) is 2.22. The van der Waals surface area contributed by atoms with E-state index < -0.39 is 35.6 Å². The van der Waals surface area contributed by atoms with Crippen LogP contribution in [0.5, 0.6) is 0 Å². The van der Waals surface area contributed by atoms with Crippen LogP contribution in [0.2, 0.25) is 0 Å². The zero-order valence-electron chi connectivity index (χ0n) is 13.2. The van der Waals surface area contributed by atoms with Crippen molar-refractivity contribution in [1.82, 2.24) is 0 Å². The molecular formula is C11H13NNa2O7S2. The predicted molar refractivity (Wildman–Crippen MR) is 71.1 cm³/mol. The van der Waals surface area contributed by atoms with Crippen LogP contribution in [0.15, 0.2) is 33.0 Å². The molecule has 0 radical (unpaired) electrons. The Balaban J connectivity index is 0. The molecule has 0 amide bonds. The van der Waals surface area contributed by atoms with Crippen molar-refractivity contribution >= 4 is 26.5 Å². The Morgan fingerprint density at radius 2 is 1.65 bits per heavy atom. The standard InChI is InChI=1S/C11H15NO7S2.2Na/c1-11(2,7-13)12-6-8-3-4-9(20(14,15)16)5-10(8)21(17,18)19;;/h3-6,13H,7H2,1-2H3,(H,14,15,16)(H,17,18,19);;/q;2*+1/p-2/b12-6+;;. The van der Waals surface area contributed by atoms with Crippen molar-refractivity contribution in [2.75, 3.05) is 6.61 Å². The van der Waals surface area contributed by atoms with E-state index in [9.17, 15) is 25.9 Å². The topological polar surface area (TPSA) is 147 Å². The van der Waals surface area contributed by atoms with Gasteiger partial charge in [0.25, 0.3) is 0 Å². The van der Waals surface area contributed by atoms with Crippen LogP contribution in [-0.4, -0.2) is 49.4 Å². The van der Waals surface area contributed by atoms with Crippen LogP contribution in [0.1, 0.15) is 19.4 Å². The molecule has 0 saturated heterocycles. The molecule has 1 N–H and O–H groups in total. The van der Waals surface area contributed by atoms with Gasteiger partial charge in [-0.15, -0.1) is 0 Å². The first-order valence-corrected chi connectivity index (χ1v) is 8.40. The van der Waals surface area contributed by atoms with E-state index in [1.807, 2.05) is 0 Å². The monoisotopic (exact) mass is 381 g/mol. The van der Waals surface area contributed by atoms with Crippen molar-refractivity contribution in [1.29, 1.82) is 0 Å². The molecule has 0 heterocycles. The molecule has 8 nitrogen and oxygen atoms in total. The van der Waals surface area contributed by atoms with Crippen LogP contribution in [0.25, 0.3) is 0 Å². The molecule has 0 fully saturated rings. The first-order valence-electron chi connectivity index (χ1n) is 5.59. The van der Waals surface area contributed by atoms with Crippen LogP contribution in [0, 0.1) is 0 Å². The third kappa shape index (κ3) is 8.06. The molecular weight excluding hydrogens is 368 g/mol. The molecule has 0 bridgehead atoms. The number of aliphatic hydroxyl groups excluding tert-OH is 1. The second-order valence-corrected chi connectivity index (χ2v) is 7.56. The number of aliphatic imine (C=N–C) groups is 1. The molecule has 0 unspecified atom stereocenters. The first kappa shape index (κ1) is 25.9. The Morgan fingerprint density at radius 3 is 2.04 bits per heavy atom. The van der Waals surface area contributed by atoms with E-state index in [1.165, 1.54) is 0 Å². The summed E-state index contributed by atoms with van der Waals surface area (Å²) in [6.45, 7) is 2.80. The van der Waals surface area contributed by atoms with E-state index in [-0.39, 0.29) is 71.3 Å². The summed E-state index contributed by atoms with van der Waals surface area (Å²) in [5.41, 5.74) is -1.08. The number of aliphatic hydroxyl groups is 1. The number of hydrogen-bond acceptors (Lipinski definition) is 8. The Bertz CT molecular complexity index is 774. The van der Waals surface area contributed by atoms with Gasteiger partial charge in [0.05, 0.1) is 21.9 Å². The maximum atomic E-state index is 11.2. The molecule has 0 aliphatic carbocycles. The maximum Gasteiger partial charge on any atom is 1.00 e. The van der Waals surface area contributed by atoms with Gasteiger partial charge in [-0.3, -0.25) is 4.99 Å². The minimum atomic E-state index is -5.00. The summed E-state index contributed by atoms with van der Waals surface area (Å²) < 4.78 is 66.1. The third-order valence-electron chi connectivity index (χ3n) is 2.48. The first-order chi connectivity index (χ1) is 9.37. The van der Waals surface area contributed by atoms with Crippen LogP contribution in [-0.2, 0) is 20.2 Å². The van der Waals surface area contributed by atoms with Gasteiger partial charge in [-0.2, -0.15) is 0 Å². The van der Waals surface area contributed by atoms with Gasteiger partial charge < -0.3 is 14.2 Å². The van der Waals surface area contributed by atoms with E-state index in [4.69, 9.17) is 5.11 Å². The van der Waals surface area contributed by atoms with Crippen LogP contribution in [0.3, 0.4) is 0 Å². The maximum absolute atomic E-state index is 11.2. The SMILES string of the molecule is CC(C)(CO)/N=C/c1ccc(S(=O)(=O)[O-])cc1S(=O)(=O)[O-].[Na+].[Na+]. The second kappa shape index (κ2) is 9.39. The fourth-order valence-corrected chi connectivity index (χ4v) is 2.53. The predicted octanol–water partition coefficient (Wildman–Crippen LogP) is -6.31. The van der Waals surface area contributed by atoms with Crippen LogP contribution >= 0.6 is 0 Å². The largest absolute Gasteiger partial charge is 1.00 e. The molecule has 0 saturated carbocycles. The van der Waals surface area contributed by atoms with E-state index in [0.717, 1.165) is 18.3 Å². The fraction of sp³-hybridized carbons (Fsp3) is 0.364. The Labute approximate surface area is 179 Å². The minimum absolute atomic E-state index is 0. The zero-order chi connectivity index (χ0) is 16.5. The molecule has 12 heteroatoms. The van der Waals surface area contributed by atoms with Crippen LogP contribution in [0.4, 0.5) is 0 Å². The number of benzene rings is 1. The molecule has 1 aromatic rings. The smallest absolute Gasteiger partial charge is 0.744 e. The molecule has 0 atom stereocenters. The van der Waals surface area contributed by atoms with Crippen molar-refractivity contribution in [3.8, 4) is 0 Å². The molecule has 0 aliphatic heterocycles. The normalized spacial score (nSPS) is 12.6. The zero-order valence-corrected chi connectivity index (χ0v) is 18.8. The average molecular weight is 381 g/mol. The summed E-state index contributed by atoms with van der Waals surface area (Å²) in [6, 6.07) is 2.37. The second-order valence-electron chi connectivity index (χ2n) is 4.84. The van der Waals surface area contributed by atoms with Crippen molar-refractivity contribution in [3.05, 3.63) is 23.8 Å². The summed E-state index contributed by atoms with van der Waals surface area (Å²) in [5.74, 6) is 0. The summed E-state index contributed by atoms with van der Waals surface area (Å²) >= 11 is 0. The Hall–Kier alpha value is 0.670. The van der Waals surface area contributed by atoms with Crippen molar-refractivity contribution in [3.63, 3.8) is 0 Å². The fourth-order valence-electron chi connectivity index (χ4n) is 1.28. The molecule has 0 aromatic heterocycles. The number of nitrogens with zero attached hydrogens (tertiary/aromatic N) is 1. The van der Waals surface area contributed by atoms with Gasteiger partial charge in [0.1, 0.15) is 20.2 Å². The minimum Gasteiger partial charge on any atom is -0.744 e. The van der Waals surface area contributed by atoms with Crippen LogP contribution < -0.4 is 59.1 Å². The van der Waals surface area contributed by atoms with E-state index in [0.29, 0.717) is 6.07 Å². The molecule has 0 aliphatic rings. The summed E-state index contributed by atoms with van der Waals surface area (Å²) in [6.07, 6.45) is 1.03. The Kier molecular flexibility index (Phi) is 10.6. The van der Waals surface area contributed by atoms with Crippen molar-refractivity contribution in [2.45, 2.75) is 29.2 Å². The number of rotatable bonds is 5. The van der Waals surface area contributed by atoms with Gasteiger partial charge in [-0.1, -0.05) is 6.07 Å². The van der Waals surface area contributed by atoms with E-state index in [2.05, 4.69) is 4.99 Å². The molecule has 23 heavy (non-hydrogen) atoms. The average Bonchev–Trinajstić information content (AvgIpc) is 2.34. The van der Waals surface area contributed by atoms with Gasteiger partial charge in [-0.05, 0) is 26.0 Å². The van der Waals surface area contributed by atoms with Gasteiger partial charge in [0, 0.05) is 11.8 Å². The molecule has 118 valence electrons.